The first kappa shape index (κ1) is 15.3. The van der Waals surface area contributed by atoms with Crippen molar-refractivity contribution in [1.82, 2.24) is 0 Å². The van der Waals surface area contributed by atoms with Gasteiger partial charge in [0.1, 0.15) is 0 Å². The lowest BCUT2D eigenvalue weighted by atomic mass is 9.91. The van der Waals surface area contributed by atoms with E-state index in [2.05, 4.69) is 6.08 Å². The maximum absolute atomic E-state index is 11.5. The Kier molecular flexibility index (Phi) is 5.00. The summed E-state index contributed by atoms with van der Waals surface area (Å²) >= 11 is 0. The van der Waals surface area contributed by atoms with Crippen LogP contribution < -0.4 is 5.73 Å². The molecule has 1 atom stereocenters. The van der Waals surface area contributed by atoms with Gasteiger partial charge in [0, 0.05) is 6.26 Å². The second-order valence-corrected chi connectivity index (χ2v) is 7.57. The van der Waals surface area contributed by atoms with Crippen LogP contribution in [0.4, 0.5) is 0 Å². The van der Waals surface area contributed by atoms with E-state index in [1.54, 1.807) is 12.1 Å². The smallest absolute Gasteiger partial charge is 0.175 e. The first-order chi connectivity index (χ1) is 9.48. The zero-order chi connectivity index (χ0) is 14.6. The molecule has 110 valence electrons. The van der Waals surface area contributed by atoms with Crippen molar-refractivity contribution in [2.24, 2.45) is 5.73 Å². The van der Waals surface area contributed by atoms with Crippen molar-refractivity contribution < 1.29 is 8.42 Å². The number of nitrogens with two attached hydrogens (primary N) is 1. The summed E-state index contributed by atoms with van der Waals surface area (Å²) < 4.78 is 22.9. The van der Waals surface area contributed by atoms with Crippen LogP contribution in [0.1, 0.15) is 50.1 Å². The number of sulfone groups is 1. The van der Waals surface area contributed by atoms with Gasteiger partial charge in [-0.3, -0.25) is 0 Å². The number of hydrogen-bond acceptors (Lipinski definition) is 3. The molecule has 0 amide bonds. The summed E-state index contributed by atoms with van der Waals surface area (Å²) in [5.41, 5.74) is 8.61. The van der Waals surface area contributed by atoms with Crippen LogP contribution in [0.25, 0.3) is 0 Å². The van der Waals surface area contributed by atoms with Gasteiger partial charge in [-0.15, -0.1) is 0 Å². The van der Waals surface area contributed by atoms with Gasteiger partial charge < -0.3 is 5.73 Å². The van der Waals surface area contributed by atoms with Gasteiger partial charge in [-0.25, -0.2) is 8.42 Å². The third kappa shape index (κ3) is 3.93. The second kappa shape index (κ2) is 6.55. The zero-order valence-corrected chi connectivity index (χ0v) is 12.8. The van der Waals surface area contributed by atoms with Crippen LogP contribution in [0.3, 0.4) is 0 Å². The lowest BCUT2D eigenvalue weighted by Gasteiger charge is -2.19. The highest BCUT2D eigenvalue weighted by Crippen LogP contribution is 2.27. The molecule has 0 aliphatic heterocycles. The van der Waals surface area contributed by atoms with Gasteiger partial charge in [0.2, 0.25) is 0 Å². The molecule has 1 aliphatic rings. The van der Waals surface area contributed by atoms with Gasteiger partial charge >= 0.3 is 0 Å². The highest BCUT2D eigenvalue weighted by atomic mass is 32.2. The van der Waals surface area contributed by atoms with Crippen molar-refractivity contribution in [2.45, 2.75) is 49.5 Å². The fraction of sp³-hybridized carbons (Fsp3) is 0.500. The van der Waals surface area contributed by atoms with Crippen molar-refractivity contribution in [3.8, 4) is 0 Å². The molecule has 2 rings (SSSR count). The Morgan fingerprint density at radius 1 is 1.05 bits per heavy atom. The summed E-state index contributed by atoms with van der Waals surface area (Å²) in [4.78, 5) is 0.347. The van der Waals surface area contributed by atoms with E-state index in [-0.39, 0.29) is 6.04 Å². The van der Waals surface area contributed by atoms with Crippen LogP contribution in [0, 0.1) is 0 Å². The first-order valence-electron chi connectivity index (χ1n) is 7.23. The molecular formula is C16H23NO2S. The van der Waals surface area contributed by atoms with Crippen LogP contribution >= 0.6 is 0 Å². The normalized spacial score (nSPS) is 21.4. The van der Waals surface area contributed by atoms with Gasteiger partial charge in [-0.1, -0.05) is 36.6 Å². The molecule has 3 nitrogen and oxygen atoms in total. The minimum absolute atomic E-state index is 0.110. The number of allylic oxidation sites excluding steroid dienone is 1. The highest BCUT2D eigenvalue weighted by Gasteiger charge is 2.14. The highest BCUT2D eigenvalue weighted by molar-refractivity contribution is 7.90. The molecule has 1 aliphatic carbocycles. The fourth-order valence-corrected chi connectivity index (χ4v) is 3.27. The van der Waals surface area contributed by atoms with Crippen LogP contribution in [0.2, 0.25) is 0 Å². The monoisotopic (exact) mass is 293 g/mol. The molecule has 0 saturated carbocycles. The molecule has 1 aromatic carbocycles. The van der Waals surface area contributed by atoms with Gasteiger partial charge in [-0.05, 0) is 43.4 Å². The minimum Gasteiger partial charge on any atom is -0.321 e. The second-order valence-electron chi connectivity index (χ2n) is 5.55. The average molecular weight is 293 g/mol. The summed E-state index contributed by atoms with van der Waals surface area (Å²) in [7, 11) is -3.14. The predicted molar refractivity (Wildman–Crippen MR) is 82.3 cm³/mol. The molecule has 0 aromatic heterocycles. The van der Waals surface area contributed by atoms with Gasteiger partial charge in [0.05, 0.1) is 10.9 Å². The third-order valence-electron chi connectivity index (χ3n) is 3.89. The molecule has 0 radical (unpaired) electrons. The number of hydrogen-bond donors (Lipinski definition) is 1. The molecular weight excluding hydrogens is 270 g/mol. The Labute approximate surface area is 121 Å². The quantitative estimate of drug-likeness (QED) is 0.869. The lowest BCUT2D eigenvalue weighted by molar-refractivity contribution is 0.600. The Morgan fingerprint density at radius 2 is 1.70 bits per heavy atom. The van der Waals surface area contributed by atoms with E-state index in [9.17, 15) is 8.42 Å². The van der Waals surface area contributed by atoms with E-state index in [0.717, 1.165) is 18.4 Å². The SMILES string of the molecule is CS(=O)(=O)c1ccc(C(N)/C2=C/CCCCCC2)cc1. The Balaban J connectivity index is 2.17. The molecule has 20 heavy (non-hydrogen) atoms. The molecule has 1 aromatic rings. The number of rotatable bonds is 3. The van der Waals surface area contributed by atoms with E-state index in [4.69, 9.17) is 5.73 Å². The zero-order valence-electron chi connectivity index (χ0n) is 12.0. The summed E-state index contributed by atoms with van der Waals surface area (Å²) in [6, 6.07) is 6.85. The van der Waals surface area contributed by atoms with Crippen molar-refractivity contribution in [1.29, 1.82) is 0 Å². The van der Waals surface area contributed by atoms with Crippen molar-refractivity contribution in [3.63, 3.8) is 0 Å². The molecule has 0 bridgehead atoms. The largest absolute Gasteiger partial charge is 0.321 e. The van der Waals surface area contributed by atoms with Crippen LogP contribution in [0.5, 0.6) is 0 Å². The molecule has 0 heterocycles. The molecule has 0 fully saturated rings. The molecule has 1 unspecified atom stereocenters. The van der Waals surface area contributed by atoms with E-state index in [1.807, 2.05) is 12.1 Å². The Morgan fingerprint density at radius 3 is 2.35 bits per heavy atom. The maximum atomic E-state index is 11.5. The third-order valence-corrected chi connectivity index (χ3v) is 5.02. The minimum atomic E-state index is -3.14. The van der Waals surface area contributed by atoms with E-state index in [0.29, 0.717) is 4.90 Å². The first-order valence-corrected chi connectivity index (χ1v) is 9.12. The lowest BCUT2D eigenvalue weighted by Crippen LogP contribution is -2.14. The molecule has 2 N–H and O–H groups in total. The van der Waals surface area contributed by atoms with Crippen molar-refractivity contribution in [3.05, 3.63) is 41.5 Å². The fourth-order valence-electron chi connectivity index (χ4n) is 2.64. The van der Waals surface area contributed by atoms with E-state index >= 15 is 0 Å². The van der Waals surface area contributed by atoms with Gasteiger partial charge in [0.25, 0.3) is 0 Å². The standard InChI is InChI=1S/C16H23NO2S/c1-20(18,19)15-11-9-14(10-12-15)16(17)13-7-5-3-2-4-6-8-13/h7,9-12,16H,2-6,8,17H2,1H3/b13-7+. The van der Waals surface area contributed by atoms with Gasteiger partial charge in [0.15, 0.2) is 9.84 Å². The number of benzene rings is 1. The molecule has 0 spiro atoms. The summed E-state index contributed by atoms with van der Waals surface area (Å²) in [6.45, 7) is 0. The van der Waals surface area contributed by atoms with Crippen molar-refractivity contribution in [2.75, 3.05) is 6.26 Å². The molecule has 4 heteroatoms. The average Bonchev–Trinajstić information content (AvgIpc) is 2.37. The van der Waals surface area contributed by atoms with E-state index < -0.39 is 9.84 Å². The van der Waals surface area contributed by atoms with Crippen molar-refractivity contribution >= 4 is 9.84 Å². The Bertz CT molecular complexity index is 573. The Hall–Kier alpha value is -1.13. The van der Waals surface area contributed by atoms with Crippen LogP contribution in [-0.4, -0.2) is 14.7 Å². The summed E-state index contributed by atoms with van der Waals surface area (Å²) in [6.07, 6.45) is 10.7. The van der Waals surface area contributed by atoms with Crippen LogP contribution in [-0.2, 0) is 9.84 Å². The molecule has 0 saturated heterocycles. The topological polar surface area (TPSA) is 60.2 Å². The van der Waals surface area contributed by atoms with Crippen LogP contribution in [0.15, 0.2) is 40.8 Å². The van der Waals surface area contributed by atoms with E-state index in [1.165, 1.54) is 37.5 Å². The maximum Gasteiger partial charge on any atom is 0.175 e. The summed E-state index contributed by atoms with van der Waals surface area (Å²) in [5, 5.41) is 0. The predicted octanol–water partition coefficient (Wildman–Crippen LogP) is 3.37. The van der Waals surface area contributed by atoms with Gasteiger partial charge in [-0.2, -0.15) is 0 Å². The summed E-state index contributed by atoms with van der Waals surface area (Å²) in [5.74, 6) is 0.